The highest BCUT2D eigenvalue weighted by Crippen LogP contribution is 2.61. The van der Waals surface area contributed by atoms with Gasteiger partial charge in [0, 0.05) is 0 Å². The quantitative estimate of drug-likeness (QED) is 0.748. The molecule has 4 N–H and O–H groups in total. The van der Waals surface area contributed by atoms with Crippen LogP contribution in [0.25, 0.3) is 0 Å². The fraction of sp³-hybridized carbons (Fsp3) is 0.786. The molecular weight excluding hydrogens is 226 g/mol. The van der Waals surface area contributed by atoms with Gasteiger partial charge in [-0.25, -0.2) is 0 Å². The third kappa shape index (κ3) is 1.47. The summed E-state index contributed by atoms with van der Waals surface area (Å²) < 4.78 is 0. The summed E-state index contributed by atoms with van der Waals surface area (Å²) in [6, 6.07) is 0. The van der Waals surface area contributed by atoms with Gasteiger partial charge in [0.2, 0.25) is 0 Å². The highest BCUT2D eigenvalue weighted by molar-refractivity contribution is 5.37. The molecule has 4 aliphatic rings. The van der Waals surface area contributed by atoms with Crippen LogP contribution in [0.3, 0.4) is 0 Å². The smallest absolute Gasteiger partial charge is 0.269 e. The molecule has 1 heterocycles. The lowest BCUT2D eigenvalue weighted by atomic mass is 9.48. The summed E-state index contributed by atoms with van der Waals surface area (Å²) in [7, 11) is 0. The van der Waals surface area contributed by atoms with Gasteiger partial charge in [-0.2, -0.15) is 0 Å². The van der Waals surface area contributed by atoms with Gasteiger partial charge in [0.1, 0.15) is 5.82 Å². The summed E-state index contributed by atoms with van der Waals surface area (Å²) in [6.45, 7) is 0. The number of nitrogen functional groups attached to an aromatic ring is 1. The Morgan fingerprint density at radius 2 is 1.61 bits per heavy atom. The number of H-pyrrole nitrogens is 2. The Labute approximate surface area is 106 Å². The van der Waals surface area contributed by atoms with E-state index < -0.39 is 0 Å². The Morgan fingerprint density at radius 3 is 2.06 bits per heavy atom. The largest absolute Gasteiger partial charge is 0.384 e. The van der Waals surface area contributed by atoms with E-state index in [2.05, 4.69) is 10.2 Å². The van der Waals surface area contributed by atoms with Crippen LogP contribution in [0.2, 0.25) is 0 Å². The van der Waals surface area contributed by atoms with Gasteiger partial charge in [-0.05, 0) is 68.1 Å². The molecule has 0 saturated heterocycles. The highest BCUT2D eigenvalue weighted by Gasteiger charge is 2.51. The van der Waals surface area contributed by atoms with Crippen molar-refractivity contribution >= 4 is 5.82 Å². The molecule has 0 spiro atoms. The molecule has 4 aliphatic carbocycles. The number of aromatic nitrogens is 2. The number of nitrogens with two attached hydrogens (primary N) is 1. The zero-order valence-corrected chi connectivity index (χ0v) is 10.7. The lowest BCUT2D eigenvalue weighted by Gasteiger charge is -2.57. The second kappa shape index (κ2) is 3.43. The molecular formula is C14H21N3O. The Morgan fingerprint density at radius 1 is 1.06 bits per heavy atom. The van der Waals surface area contributed by atoms with E-state index in [1.54, 1.807) is 0 Å². The van der Waals surface area contributed by atoms with Gasteiger partial charge in [-0.1, -0.05) is 0 Å². The summed E-state index contributed by atoms with van der Waals surface area (Å²) in [5.41, 5.74) is 7.06. The second-order valence-corrected chi connectivity index (χ2v) is 7.07. The van der Waals surface area contributed by atoms with E-state index in [0.717, 1.165) is 29.7 Å². The Bertz CT molecular complexity index is 492. The highest BCUT2D eigenvalue weighted by atomic mass is 16.1. The number of hydrogen-bond acceptors (Lipinski definition) is 2. The molecule has 4 nitrogen and oxygen atoms in total. The predicted octanol–water partition coefficient (Wildman–Crippen LogP) is 2.04. The summed E-state index contributed by atoms with van der Waals surface area (Å²) in [6.07, 6.45) is 9.19. The third-order valence-corrected chi connectivity index (χ3v) is 5.63. The first-order chi connectivity index (χ1) is 8.63. The van der Waals surface area contributed by atoms with Gasteiger partial charge in [-0.3, -0.25) is 15.0 Å². The van der Waals surface area contributed by atoms with E-state index in [-0.39, 0.29) is 5.56 Å². The van der Waals surface area contributed by atoms with E-state index in [0.29, 0.717) is 11.2 Å². The molecule has 4 fully saturated rings. The van der Waals surface area contributed by atoms with Crippen molar-refractivity contribution in [2.75, 3.05) is 5.73 Å². The van der Waals surface area contributed by atoms with Crippen molar-refractivity contribution in [2.24, 2.45) is 23.2 Å². The van der Waals surface area contributed by atoms with Crippen LogP contribution in [-0.2, 0) is 6.42 Å². The van der Waals surface area contributed by atoms with Crippen LogP contribution in [0.1, 0.15) is 44.1 Å². The van der Waals surface area contributed by atoms with E-state index in [1.165, 1.54) is 38.5 Å². The summed E-state index contributed by atoms with van der Waals surface area (Å²) in [5.74, 6) is 3.33. The molecule has 5 rings (SSSR count). The van der Waals surface area contributed by atoms with Crippen LogP contribution in [0.4, 0.5) is 5.82 Å². The molecule has 4 saturated carbocycles. The van der Waals surface area contributed by atoms with Crippen LogP contribution in [-0.4, -0.2) is 10.2 Å². The maximum atomic E-state index is 11.8. The van der Waals surface area contributed by atoms with Gasteiger partial charge >= 0.3 is 0 Å². The fourth-order valence-electron chi connectivity index (χ4n) is 5.45. The third-order valence-electron chi connectivity index (χ3n) is 5.63. The van der Waals surface area contributed by atoms with Crippen LogP contribution in [0.15, 0.2) is 4.79 Å². The standard InChI is InChI=1S/C14H21N3O/c15-12-11(13(18)17-16-12)7-14-4-8-1-9(5-14)3-10(2-8)6-14/h8-10H,1-7H2,(H4,15,16,17,18). The van der Waals surface area contributed by atoms with Crippen molar-refractivity contribution in [1.29, 1.82) is 0 Å². The van der Waals surface area contributed by atoms with Crippen molar-refractivity contribution in [2.45, 2.75) is 44.9 Å². The summed E-state index contributed by atoms with van der Waals surface area (Å²) in [5, 5.41) is 5.37. The maximum Gasteiger partial charge on any atom is 0.269 e. The molecule has 4 bridgehead atoms. The van der Waals surface area contributed by atoms with E-state index >= 15 is 0 Å². The van der Waals surface area contributed by atoms with Gasteiger partial charge in [0.15, 0.2) is 0 Å². The minimum atomic E-state index is -0.0109. The number of rotatable bonds is 2. The molecule has 0 radical (unpaired) electrons. The summed E-state index contributed by atoms with van der Waals surface area (Å²) >= 11 is 0. The number of anilines is 1. The van der Waals surface area contributed by atoms with Gasteiger partial charge in [-0.15, -0.1) is 0 Å². The normalized spacial score (nSPS) is 41.4. The minimum absolute atomic E-state index is 0.0109. The zero-order chi connectivity index (χ0) is 12.3. The number of hydrogen-bond donors (Lipinski definition) is 3. The lowest BCUT2D eigenvalue weighted by molar-refractivity contribution is -0.0522. The molecule has 98 valence electrons. The monoisotopic (exact) mass is 247 g/mol. The molecule has 1 aromatic rings. The Balaban J connectivity index is 1.67. The molecule has 0 atom stereocenters. The second-order valence-electron chi connectivity index (χ2n) is 7.07. The molecule has 0 aromatic carbocycles. The van der Waals surface area contributed by atoms with Crippen LogP contribution >= 0.6 is 0 Å². The van der Waals surface area contributed by atoms with Crippen molar-refractivity contribution in [3.63, 3.8) is 0 Å². The average Bonchev–Trinajstić information content (AvgIpc) is 2.58. The lowest BCUT2D eigenvalue weighted by Crippen LogP contribution is -2.47. The first kappa shape index (κ1) is 10.7. The molecule has 0 unspecified atom stereocenters. The van der Waals surface area contributed by atoms with Crippen molar-refractivity contribution in [3.8, 4) is 0 Å². The first-order valence-electron chi connectivity index (χ1n) is 7.18. The minimum Gasteiger partial charge on any atom is -0.384 e. The SMILES string of the molecule is Nc1[nH][nH]c(=O)c1CC12CC3CC(CC(C3)C1)C2. The fourth-order valence-corrected chi connectivity index (χ4v) is 5.45. The van der Waals surface area contributed by atoms with Crippen molar-refractivity contribution < 1.29 is 0 Å². The Kier molecular flexibility index (Phi) is 2.04. The van der Waals surface area contributed by atoms with E-state index in [1.807, 2.05) is 0 Å². The first-order valence-corrected chi connectivity index (χ1v) is 7.18. The maximum absolute atomic E-state index is 11.8. The van der Waals surface area contributed by atoms with Crippen molar-refractivity contribution in [1.82, 2.24) is 10.2 Å². The number of nitrogens with one attached hydrogen (secondary N) is 2. The molecule has 4 heteroatoms. The van der Waals surface area contributed by atoms with E-state index in [4.69, 9.17) is 5.73 Å². The zero-order valence-electron chi connectivity index (χ0n) is 10.7. The van der Waals surface area contributed by atoms with Crippen molar-refractivity contribution in [3.05, 3.63) is 15.9 Å². The van der Waals surface area contributed by atoms with Gasteiger partial charge < -0.3 is 5.73 Å². The molecule has 0 aliphatic heterocycles. The van der Waals surface area contributed by atoms with Gasteiger partial charge in [0.25, 0.3) is 5.56 Å². The predicted molar refractivity (Wildman–Crippen MR) is 70.1 cm³/mol. The average molecular weight is 247 g/mol. The van der Waals surface area contributed by atoms with E-state index in [9.17, 15) is 4.79 Å². The molecule has 0 amide bonds. The van der Waals surface area contributed by atoms with Gasteiger partial charge in [0.05, 0.1) is 5.56 Å². The van der Waals surface area contributed by atoms with Crippen LogP contribution < -0.4 is 11.3 Å². The summed E-state index contributed by atoms with van der Waals surface area (Å²) in [4.78, 5) is 11.8. The van der Waals surface area contributed by atoms with Crippen LogP contribution in [0.5, 0.6) is 0 Å². The number of aromatic amines is 2. The Hall–Kier alpha value is -1.19. The molecule has 18 heavy (non-hydrogen) atoms. The topological polar surface area (TPSA) is 74.7 Å². The molecule has 1 aromatic heterocycles. The van der Waals surface area contributed by atoms with Crippen LogP contribution in [0, 0.1) is 23.2 Å².